The average molecular weight is 498 g/mol. The molecule has 2 fully saturated rings. The second-order valence-electron chi connectivity index (χ2n) is 8.07. The lowest BCUT2D eigenvalue weighted by atomic mass is 9.85. The Hall–Kier alpha value is -2.83. The minimum Gasteiger partial charge on any atom is -0.475 e. The zero-order valence-corrected chi connectivity index (χ0v) is 17.9. The highest BCUT2D eigenvalue weighted by atomic mass is 19.4. The molecule has 2 aliphatic carbocycles. The molecule has 5 atom stereocenters. The number of benzene rings is 1. The van der Waals surface area contributed by atoms with E-state index in [9.17, 15) is 35.9 Å². The van der Waals surface area contributed by atoms with E-state index in [0.29, 0.717) is 19.4 Å². The highest BCUT2D eigenvalue weighted by molar-refractivity contribution is 5.84. The highest BCUT2D eigenvalue weighted by Crippen LogP contribution is 2.49. The number of nitrogens with one attached hydrogen (secondary N) is 1. The van der Waals surface area contributed by atoms with Gasteiger partial charge in [0.05, 0.1) is 18.1 Å². The van der Waals surface area contributed by atoms with Crippen molar-refractivity contribution in [2.75, 3.05) is 6.61 Å². The smallest absolute Gasteiger partial charge is 0.475 e. The van der Waals surface area contributed by atoms with E-state index in [2.05, 4.69) is 5.32 Å². The number of amides is 1. The lowest BCUT2D eigenvalue weighted by Crippen LogP contribution is -2.45. The summed E-state index contributed by atoms with van der Waals surface area (Å²) in [5.41, 5.74) is 4.70. The molecule has 190 valence electrons. The number of carboxylic acids is 1. The average Bonchev–Trinajstić information content (AvgIpc) is 3.33. The molecule has 0 spiro atoms. The summed E-state index contributed by atoms with van der Waals surface area (Å²) in [7, 11) is 0. The zero-order chi connectivity index (χ0) is 25.8. The summed E-state index contributed by atoms with van der Waals surface area (Å²) in [6.45, 7) is 2.09. The van der Waals surface area contributed by atoms with Crippen LogP contribution in [-0.2, 0) is 25.3 Å². The van der Waals surface area contributed by atoms with Crippen LogP contribution in [0.25, 0.3) is 0 Å². The normalized spacial score (nSPS) is 24.6. The molecule has 1 unspecified atom stereocenters. The number of fused-ring (bicyclic) bond motifs is 2. The third kappa shape index (κ3) is 6.61. The Morgan fingerprint density at radius 3 is 2.15 bits per heavy atom. The number of nitrogens with two attached hydrogens (primary N) is 1. The quantitative estimate of drug-likeness (QED) is 0.423. The molecule has 0 saturated heterocycles. The number of carbonyl (C=O) groups is 3. The van der Waals surface area contributed by atoms with Crippen LogP contribution in [0.3, 0.4) is 0 Å². The number of esters is 1. The van der Waals surface area contributed by atoms with Gasteiger partial charge in [-0.1, -0.05) is 18.2 Å². The number of aliphatic carboxylic acids is 1. The first kappa shape index (κ1) is 27.4. The van der Waals surface area contributed by atoms with E-state index in [1.165, 1.54) is 18.2 Å². The van der Waals surface area contributed by atoms with E-state index in [0.717, 1.165) is 12.5 Å². The van der Waals surface area contributed by atoms with Crippen molar-refractivity contribution in [2.24, 2.45) is 23.5 Å². The van der Waals surface area contributed by atoms with Crippen molar-refractivity contribution in [1.29, 1.82) is 0 Å². The number of halogens is 6. The molecule has 3 rings (SSSR count). The molecule has 0 aliphatic heterocycles. The lowest BCUT2D eigenvalue weighted by molar-refractivity contribution is -0.192. The number of carbonyl (C=O) groups excluding carboxylic acids is 2. The maximum Gasteiger partial charge on any atom is 0.490 e. The fourth-order valence-electron chi connectivity index (χ4n) is 4.43. The molecule has 0 aromatic heterocycles. The van der Waals surface area contributed by atoms with Crippen molar-refractivity contribution in [3.05, 3.63) is 35.4 Å². The first-order valence-electron chi connectivity index (χ1n) is 10.4. The van der Waals surface area contributed by atoms with Crippen LogP contribution in [0.15, 0.2) is 24.3 Å². The standard InChI is InChI=1S/C19H23F3N2O3.C2HF3O2/c1-2-27-18(26)13-8-11-7-10(13)9-15(11)24-17(25)16(23)12-5-3-4-6-14(12)19(20,21)22;3-2(4,5)1(6)7/h3-6,10-11,13,15-16H,2,7-9,23H2,1H3,(H,24,25);(H,6,7)/t10-,11-,13-,15-,16?;/m1./s1. The first-order valence-corrected chi connectivity index (χ1v) is 10.4. The minimum absolute atomic E-state index is 0.124. The van der Waals surface area contributed by atoms with Crippen LogP contribution in [0, 0.1) is 17.8 Å². The van der Waals surface area contributed by atoms with Crippen molar-refractivity contribution in [3.63, 3.8) is 0 Å². The Kier molecular flexibility index (Phi) is 8.56. The van der Waals surface area contributed by atoms with E-state index in [4.69, 9.17) is 20.4 Å². The highest BCUT2D eigenvalue weighted by Gasteiger charge is 2.50. The predicted octanol–water partition coefficient (Wildman–Crippen LogP) is 3.43. The number of carboxylic acid groups (broad SMARTS) is 1. The van der Waals surface area contributed by atoms with Crippen LogP contribution in [0.4, 0.5) is 26.3 Å². The van der Waals surface area contributed by atoms with Gasteiger partial charge in [0.15, 0.2) is 0 Å². The predicted molar refractivity (Wildman–Crippen MR) is 105 cm³/mol. The molecule has 2 aliphatic rings. The first-order chi connectivity index (χ1) is 15.7. The summed E-state index contributed by atoms with van der Waals surface area (Å²) >= 11 is 0. The fraction of sp³-hybridized carbons (Fsp3) is 0.571. The van der Waals surface area contributed by atoms with Gasteiger partial charge in [-0.15, -0.1) is 0 Å². The zero-order valence-electron chi connectivity index (χ0n) is 17.9. The molecule has 1 amide bonds. The molecule has 1 aromatic rings. The SMILES string of the molecule is CCOC(=O)[C@@H]1C[C@H]2C[C@@H]1C[C@H]2NC(=O)C(N)c1ccccc1C(F)(F)F.O=C(O)C(F)(F)F. The molecular formula is C21H24F6N2O5. The largest absolute Gasteiger partial charge is 0.490 e. The molecule has 2 saturated carbocycles. The molecule has 4 N–H and O–H groups in total. The van der Waals surface area contributed by atoms with E-state index >= 15 is 0 Å². The molecule has 0 radical (unpaired) electrons. The third-order valence-corrected chi connectivity index (χ3v) is 5.90. The van der Waals surface area contributed by atoms with Crippen LogP contribution >= 0.6 is 0 Å². The van der Waals surface area contributed by atoms with Crippen molar-refractivity contribution in [2.45, 2.75) is 50.6 Å². The van der Waals surface area contributed by atoms with Crippen LogP contribution in [-0.4, -0.2) is 41.8 Å². The van der Waals surface area contributed by atoms with Gasteiger partial charge < -0.3 is 20.9 Å². The number of ether oxygens (including phenoxy) is 1. The van der Waals surface area contributed by atoms with Gasteiger partial charge in [-0.25, -0.2) is 4.79 Å². The van der Waals surface area contributed by atoms with Gasteiger partial charge in [0.25, 0.3) is 0 Å². The van der Waals surface area contributed by atoms with Crippen LogP contribution < -0.4 is 11.1 Å². The summed E-state index contributed by atoms with van der Waals surface area (Å²) in [4.78, 5) is 33.3. The van der Waals surface area contributed by atoms with Gasteiger partial charge >= 0.3 is 24.3 Å². The fourth-order valence-corrected chi connectivity index (χ4v) is 4.43. The summed E-state index contributed by atoms with van der Waals surface area (Å²) < 4.78 is 76.3. The molecule has 7 nitrogen and oxygen atoms in total. The molecule has 34 heavy (non-hydrogen) atoms. The van der Waals surface area contributed by atoms with Crippen molar-refractivity contribution >= 4 is 17.8 Å². The maximum absolute atomic E-state index is 13.1. The monoisotopic (exact) mass is 498 g/mol. The molecule has 13 heteroatoms. The topological polar surface area (TPSA) is 119 Å². The van der Waals surface area contributed by atoms with Crippen LogP contribution in [0.5, 0.6) is 0 Å². The second kappa shape index (κ2) is 10.6. The molecule has 0 heterocycles. The Morgan fingerprint density at radius 1 is 1.09 bits per heavy atom. The van der Waals surface area contributed by atoms with Crippen molar-refractivity contribution in [1.82, 2.24) is 5.32 Å². The van der Waals surface area contributed by atoms with E-state index in [-0.39, 0.29) is 35.3 Å². The number of alkyl halides is 6. The van der Waals surface area contributed by atoms with Crippen molar-refractivity contribution < 1.29 is 50.6 Å². The van der Waals surface area contributed by atoms with Crippen molar-refractivity contribution in [3.8, 4) is 0 Å². The van der Waals surface area contributed by atoms with E-state index < -0.39 is 35.8 Å². The summed E-state index contributed by atoms with van der Waals surface area (Å²) in [6.07, 6.45) is -7.60. The maximum atomic E-state index is 13.1. The van der Waals surface area contributed by atoms with Crippen LogP contribution in [0.1, 0.15) is 43.4 Å². The van der Waals surface area contributed by atoms with Crippen LogP contribution in [0.2, 0.25) is 0 Å². The summed E-state index contributed by atoms with van der Waals surface area (Å²) in [5, 5.41) is 9.92. The lowest BCUT2D eigenvalue weighted by Gasteiger charge is -2.28. The van der Waals surface area contributed by atoms with Gasteiger partial charge in [0.1, 0.15) is 6.04 Å². The Bertz CT molecular complexity index is 904. The minimum atomic E-state index is -5.08. The van der Waals surface area contributed by atoms with Gasteiger partial charge in [-0.3, -0.25) is 9.59 Å². The Labute approximate surface area is 190 Å². The number of hydrogen-bond donors (Lipinski definition) is 3. The molecule has 1 aromatic carbocycles. The summed E-state index contributed by atoms with van der Waals surface area (Å²) in [6, 6.07) is 3.27. The van der Waals surface area contributed by atoms with Gasteiger partial charge in [0.2, 0.25) is 5.91 Å². The van der Waals surface area contributed by atoms with Gasteiger partial charge in [-0.05, 0) is 49.7 Å². The van der Waals surface area contributed by atoms with E-state index in [1.807, 2.05) is 0 Å². The summed E-state index contributed by atoms with van der Waals surface area (Å²) in [5.74, 6) is -3.48. The Balaban J connectivity index is 0.000000509. The van der Waals surface area contributed by atoms with Gasteiger partial charge in [-0.2, -0.15) is 26.3 Å². The van der Waals surface area contributed by atoms with E-state index in [1.54, 1.807) is 6.92 Å². The Morgan fingerprint density at radius 2 is 1.68 bits per heavy atom. The number of hydrogen-bond acceptors (Lipinski definition) is 5. The third-order valence-electron chi connectivity index (χ3n) is 5.90. The molecular weight excluding hydrogens is 474 g/mol. The van der Waals surface area contributed by atoms with Gasteiger partial charge in [0, 0.05) is 6.04 Å². The molecule has 2 bridgehead atoms. The second-order valence-corrected chi connectivity index (χ2v) is 8.07. The number of rotatable bonds is 5.